The van der Waals surface area contributed by atoms with Crippen LogP contribution in [0.3, 0.4) is 0 Å². The summed E-state index contributed by atoms with van der Waals surface area (Å²) in [6.45, 7) is 1.88. The van der Waals surface area contributed by atoms with Crippen molar-refractivity contribution in [3.63, 3.8) is 0 Å². The summed E-state index contributed by atoms with van der Waals surface area (Å²) in [5.41, 5.74) is 1.35. The van der Waals surface area contributed by atoms with Gasteiger partial charge in [-0.15, -0.1) is 0 Å². The van der Waals surface area contributed by atoms with Crippen LogP contribution < -0.4 is 0 Å². The topological polar surface area (TPSA) is 37.3 Å². The second kappa shape index (κ2) is 3.72. The first-order valence-electron chi connectivity index (χ1n) is 3.54. The van der Waals surface area contributed by atoms with Crippen LogP contribution in [-0.2, 0) is 0 Å². The largest absolute Gasteiger partial charge is 0.507 e. The van der Waals surface area contributed by atoms with E-state index in [0.717, 1.165) is 5.56 Å². The summed E-state index contributed by atoms with van der Waals surface area (Å²) >= 11 is 3.05. The molecule has 1 aromatic carbocycles. The molecule has 0 fully saturated rings. The molecular weight excluding hydrogens is 220 g/mol. The molecule has 0 amide bonds. The second-order valence-corrected chi connectivity index (χ2v) is 3.14. The van der Waals surface area contributed by atoms with Gasteiger partial charge in [0.2, 0.25) is 0 Å². The third-order valence-electron chi connectivity index (χ3n) is 1.57. The average Bonchev–Trinajstić information content (AvgIpc) is 2.08. The van der Waals surface area contributed by atoms with E-state index in [0.29, 0.717) is 5.56 Å². The Morgan fingerprint density at radius 3 is 2.83 bits per heavy atom. The van der Waals surface area contributed by atoms with E-state index >= 15 is 0 Å². The van der Waals surface area contributed by atoms with Crippen molar-refractivity contribution in [1.82, 2.24) is 0 Å². The number of rotatable bonds is 2. The molecule has 0 bridgehead atoms. The van der Waals surface area contributed by atoms with Crippen molar-refractivity contribution >= 4 is 21.7 Å². The molecular formula is C9H9BrO2. The number of hydrogen-bond acceptors (Lipinski definition) is 2. The Labute approximate surface area is 79.3 Å². The highest BCUT2D eigenvalue weighted by atomic mass is 79.9. The van der Waals surface area contributed by atoms with Gasteiger partial charge in [0.15, 0.2) is 5.78 Å². The fourth-order valence-corrected chi connectivity index (χ4v) is 1.25. The van der Waals surface area contributed by atoms with Crippen LogP contribution in [0.4, 0.5) is 0 Å². The summed E-state index contributed by atoms with van der Waals surface area (Å²) in [6.07, 6.45) is 0. The predicted octanol–water partition coefficient (Wildman–Crippen LogP) is 2.28. The summed E-state index contributed by atoms with van der Waals surface area (Å²) < 4.78 is 0. The van der Waals surface area contributed by atoms with E-state index < -0.39 is 0 Å². The van der Waals surface area contributed by atoms with Crippen LogP contribution in [0.5, 0.6) is 5.75 Å². The van der Waals surface area contributed by atoms with Crippen LogP contribution >= 0.6 is 15.9 Å². The number of alkyl halides is 1. The van der Waals surface area contributed by atoms with Crippen molar-refractivity contribution in [3.05, 3.63) is 29.3 Å². The smallest absolute Gasteiger partial charge is 0.177 e. The van der Waals surface area contributed by atoms with E-state index in [1.54, 1.807) is 12.1 Å². The maximum absolute atomic E-state index is 11.2. The molecule has 0 saturated carbocycles. The number of carbonyl (C=O) groups is 1. The molecule has 0 spiro atoms. The Bertz CT molecular complexity index is 307. The van der Waals surface area contributed by atoms with Crippen molar-refractivity contribution in [1.29, 1.82) is 0 Å². The third-order valence-corrected chi connectivity index (χ3v) is 2.08. The standard InChI is InChI=1S/C9H9BrO2/c1-6-2-3-8(11)7(4-6)9(12)5-10/h2-4,11H,5H2,1H3. The van der Waals surface area contributed by atoms with Crippen LogP contribution in [0, 0.1) is 6.92 Å². The lowest BCUT2D eigenvalue weighted by molar-refractivity contribution is 0.102. The molecule has 0 aliphatic heterocycles. The van der Waals surface area contributed by atoms with Gasteiger partial charge in [0.1, 0.15) is 5.75 Å². The van der Waals surface area contributed by atoms with Gasteiger partial charge in [0, 0.05) is 0 Å². The quantitative estimate of drug-likeness (QED) is 0.623. The number of hydrogen-bond donors (Lipinski definition) is 1. The number of ketones is 1. The summed E-state index contributed by atoms with van der Waals surface area (Å²) in [6, 6.07) is 4.98. The van der Waals surface area contributed by atoms with E-state index in [4.69, 9.17) is 0 Å². The third kappa shape index (κ3) is 1.85. The Balaban J connectivity index is 3.13. The summed E-state index contributed by atoms with van der Waals surface area (Å²) in [4.78, 5) is 11.2. The number of phenols is 1. The molecule has 0 aromatic heterocycles. The van der Waals surface area contributed by atoms with Gasteiger partial charge in [-0.2, -0.15) is 0 Å². The fourth-order valence-electron chi connectivity index (χ4n) is 0.945. The molecule has 1 N–H and O–H groups in total. The number of carbonyl (C=O) groups excluding carboxylic acids is 1. The Kier molecular flexibility index (Phi) is 2.87. The van der Waals surface area contributed by atoms with Crippen molar-refractivity contribution < 1.29 is 9.90 Å². The molecule has 12 heavy (non-hydrogen) atoms. The predicted molar refractivity (Wildman–Crippen MR) is 51.0 cm³/mol. The maximum atomic E-state index is 11.2. The number of phenolic OH excluding ortho intramolecular Hbond substituents is 1. The zero-order chi connectivity index (χ0) is 9.14. The summed E-state index contributed by atoms with van der Waals surface area (Å²) in [5, 5.41) is 9.53. The molecule has 0 aliphatic carbocycles. The molecule has 64 valence electrons. The number of benzene rings is 1. The molecule has 2 nitrogen and oxygen atoms in total. The van der Waals surface area contributed by atoms with Crippen LogP contribution in [0.25, 0.3) is 0 Å². The number of aromatic hydroxyl groups is 1. The van der Waals surface area contributed by atoms with Gasteiger partial charge in [0.25, 0.3) is 0 Å². The van der Waals surface area contributed by atoms with Crippen molar-refractivity contribution in [3.8, 4) is 5.75 Å². The zero-order valence-electron chi connectivity index (χ0n) is 6.67. The van der Waals surface area contributed by atoms with Gasteiger partial charge >= 0.3 is 0 Å². The van der Waals surface area contributed by atoms with Crippen LogP contribution in [0.1, 0.15) is 15.9 Å². The lowest BCUT2D eigenvalue weighted by Gasteiger charge is -2.01. The molecule has 0 unspecified atom stereocenters. The van der Waals surface area contributed by atoms with E-state index in [-0.39, 0.29) is 16.9 Å². The van der Waals surface area contributed by atoms with Gasteiger partial charge in [0.05, 0.1) is 10.9 Å². The first-order valence-corrected chi connectivity index (χ1v) is 4.66. The Morgan fingerprint density at radius 1 is 1.58 bits per heavy atom. The van der Waals surface area contributed by atoms with Crippen LogP contribution in [0.2, 0.25) is 0 Å². The SMILES string of the molecule is Cc1ccc(O)c(C(=O)CBr)c1. The molecule has 1 rings (SSSR count). The van der Waals surface area contributed by atoms with Gasteiger partial charge in [-0.05, 0) is 19.1 Å². The highest BCUT2D eigenvalue weighted by molar-refractivity contribution is 9.09. The number of aryl methyl sites for hydroxylation is 1. The zero-order valence-corrected chi connectivity index (χ0v) is 8.26. The van der Waals surface area contributed by atoms with Crippen molar-refractivity contribution in [2.45, 2.75) is 6.92 Å². The minimum atomic E-state index is -0.101. The van der Waals surface area contributed by atoms with E-state index in [1.807, 2.05) is 6.92 Å². The number of Topliss-reactive ketones (excluding diaryl/α,β-unsaturated/α-hetero) is 1. The van der Waals surface area contributed by atoms with Crippen LogP contribution in [-0.4, -0.2) is 16.2 Å². The molecule has 3 heteroatoms. The fraction of sp³-hybridized carbons (Fsp3) is 0.222. The molecule has 0 heterocycles. The van der Waals surface area contributed by atoms with E-state index in [2.05, 4.69) is 15.9 Å². The maximum Gasteiger partial charge on any atom is 0.177 e. The van der Waals surface area contributed by atoms with Crippen LogP contribution in [0.15, 0.2) is 18.2 Å². The molecule has 0 saturated heterocycles. The first kappa shape index (κ1) is 9.26. The highest BCUT2D eigenvalue weighted by Gasteiger charge is 2.08. The average molecular weight is 229 g/mol. The van der Waals surface area contributed by atoms with Gasteiger partial charge in [-0.1, -0.05) is 27.6 Å². The monoisotopic (exact) mass is 228 g/mol. The minimum Gasteiger partial charge on any atom is -0.507 e. The Hall–Kier alpha value is -0.830. The van der Waals surface area contributed by atoms with Gasteiger partial charge < -0.3 is 5.11 Å². The molecule has 0 radical (unpaired) electrons. The minimum absolute atomic E-state index is 0.0463. The summed E-state index contributed by atoms with van der Waals surface area (Å²) in [5.74, 6) is -0.0544. The lowest BCUT2D eigenvalue weighted by atomic mass is 10.1. The van der Waals surface area contributed by atoms with Gasteiger partial charge in [-0.3, -0.25) is 4.79 Å². The van der Waals surface area contributed by atoms with Crippen molar-refractivity contribution in [2.75, 3.05) is 5.33 Å². The molecule has 0 aliphatic rings. The molecule has 1 aromatic rings. The van der Waals surface area contributed by atoms with Crippen molar-refractivity contribution in [2.24, 2.45) is 0 Å². The Morgan fingerprint density at radius 2 is 2.25 bits per heavy atom. The van der Waals surface area contributed by atoms with E-state index in [1.165, 1.54) is 6.07 Å². The number of halogens is 1. The second-order valence-electron chi connectivity index (χ2n) is 2.58. The lowest BCUT2D eigenvalue weighted by Crippen LogP contribution is -2.00. The summed E-state index contributed by atoms with van der Waals surface area (Å²) in [7, 11) is 0. The normalized spacial score (nSPS) is 9.83. The van der Waals surface area contributed by atoms with Gasteiger partial charge in [-0.25, -0.2) is 0 Å². The van der Waals surface area contributed by atoms with E-state index in [9.17, 15) is 9.90 Å². The molecule has 0 atom stereocenters. The first-order chi connectivity index (χ1) is 5.65. The highest BCUT2D eigenvalue weighted by Crippen LogP contribution is 2.19.